The van der Waals surface area contributed by atoms with Gasteiger partial charge in [0.2, 0.25) is 0 Å². The molecule has 1 aliphatic rings. The van der Waals surface area contributed by atoms with Crippen molar-refractivity contribution in [3.05, 3.63) is 0 Å². The molecule has 20 heavy (non-hydrogen) atoms. The highest BCUT2D eigenvalue weighted by Gasteiger charge is 2.34. The van der Waals surface area contributed by atoms with Gasteiger partial charge in [-0.05, 0) is 44.4 Å². The fourth-order valence-electron chi connectivity index (χ4n) is 3.11. The van der Waals surface area contributed by atoms with Crippen LogP contribution in [0.15, 0.2) is 0 Å². The van der Waals surface area contributed by atoms with Crippen molar-refractivity contribution in [1.82, 2.24) is 9.03 Å². The average molecular weight is 306 g/mol. The molecular weight excluding hydrogens is 276 g/mol. The van der Waals surface area contributed by atoms with Gasteiger partial charge in [0.15, 0.2) is 0 Å². The van der Waals surface area contributed by atoms with Crippen LogP contribution in [-0.2, 0) is 10.2 Å². The summed E-state index contributed by atoms with van der Waals surface area (Å²) >= 11 is 0. The zero-order valence-electron chi connectivity index (χ0n) is 13.4. The Balaban J connectivity index is 2.66. The minimum absolute atomic E-state index is 0.0654. The second-order valence-corrected chi connectivity index (χ2v) is 9.42. The van der Waals surface area contributed by atoms with Crippen molar-refractivity contribution in [2.45, 2.75) is 59.4 Å². The second kappa shape index (κ2) is 6.30. The molecule has 0 aromatic heterocycles. The highest BCUT2D eigenvalue weighted by molar-refractivity contribution is 7.87. The van der Waals surface area contributed by atoms with E-state index in [1.54, 1.807) is 0 Å². The fourth-order valence-corrected chi connectivity index (χ4v) is 4.70. The van der Waals surface area contributed by atoms with Gasteiger partial charge in [-0.1, -0.05) is 20.8 Å². The van der Waals surface area contributed by atoms with Gasteiger partial charge >= 0.3 is 0 Å². The highest BCUT2D eigenvalue weighted by atomic mass is 32.2. The molecule has 2 N–H and O–H groups in total. The van der Waals surface area contributed by atoms with E-state index in [9.17, 15) is 8.42 Å². The summed E-state index contributed by atoms with van der Waals surface area (Å²) in [5.74, 6) is 0.240. The van der Waals surface area contributed by atoms with E-state index in [0.717, 1.165) is 19.3 Å². The quantitative estimate of drug-likeness (QED) is 0.813. The maximum atomic E-state index is 12.4. The molecule has 1 aliphatic heterocycles. The van der Waals surface area contributed by atoms with Gasteiger partial charge < -0.3 is 5.11 Å². The van der Waals surface area contributed by atoms with E-state index < -0.39 is 15.7 Å². The van der Waals surface area contributed by atoms with E-state index in [0.29, 0.717) is 13.1 Å². The van der Waals surface area contributed by atoms with Crippen molar-refractivity contribution in [2.24, 2.45) is 11.3 Å². The molecule has 0 unspecified atom stereocenters. The Morgan fingerprint density at radius 1 is 1.15 bits per heavy atom. The number of hydrogen-bond donors (Lipinski definition) is 2. The second-order valence-electron chi connectivity index (χ2n) is 7.75. The Kier molecular flexibility index (Phi) is 5.63. The zero-order chi connectivity index (χ0) is 15.6. The molecule has 0 spiro atoms. The van der Waals surface area contributed by atoms with Crippen LogP contribution in [0.4, 0.5) is 0 Å². The average Bonchev–Trinajstić information content (AvgIpc) is 2.24. The Labute approximate surface area is 123 Å². The van der Waals surface area contributed by atoms with Gasteiger partial charge in [0.25, 0.3) is 10.2 Å². The van der Waals surface area contributed by atoms with E-state index in [1.165, 1.54) is 4.31 Å². The summed E-state index contributed by atoms with van der Waals surface area (Å²) in [4.78, 5) is 0. The zero-order valence-corrected chi connectivity index (χ0v) is 14.3. The van der Waals surface area contributed by atoms with Crippen LogP contribution in [-0.4, -0.2) is 43.1 Å². The van der Waals surface area contributed by atoms with Crippen molar-refractivity contribution in [3.8, 4) is 0 Å². The Bertz CT molecular complexity index is 405. The van der Waals surface area contributed by atoms with Gasteiger partial charge in [-0.15, -0.1) is 0 Å². The molecule has 0 saturated carbocycles. The molecule has 1 fully saturated rings. The number of aliphatic hydroxyl groups is 1. The third-order valence-electron chi connectivity index (χ3n) is 3.55. The summed E-state index contributed by atoms with van der Waals surface area (Å²) in [5, 5.41) is 9.11. The molecule has 1 rings (SSSR count). The number of nitrogens with zero attached hydrogens (tertiary/aromatic N) is 1. The molecule has 0 bridgehead atoms. The van der Waals surface area contributed by atoms with Crippen LogP contribution < -0.4 is 4.72 Å². The monoisotopic (exact) mass is 306 g/mol. The van der Waals surface area contributed by atoms with E-state index in [4.69, 9.17) is 5.11 Å². The van der Waals surface area contributed by atoms with Gasteiger partial charge in [0, 0.05) is 25.2 Å². The lowest BCUT2D eigenvalue weighted by Crippen LogP contribution is -2.53. The minimum atomic E-state index is -3.44. The van der Waals surface area contributed by atoms with Crippen molar-refractivity contribution in [3.63, 3.8) is 0 Å². The molecule has 0 radical (unpaired) electrons. The molecule has 120 valence electrons. The van der Waals surface area contributed by atoms with Crippen molar-refractivity contribution in [2.75, 3.05) is 19.7 Å². The third-order valence-corrected chi connectivity index (χ3v) is 5.40. The largest absolute Gasteiger partial charge is 0.396 e. The van der Waals surface area contributed by atoms with Crippen molar-refractivity contribution >= 4 is 10.2 Å². The molecule has 1 saturated heterocycles. The predicted molar refractivity (Wildman–Crippen MR) is 81.6 cm³/mol. The van der Waals surface area contributed by atoms with Crippen LogP contribution in [0.5, 0.6) is 0 Å². The minimum Gasteiger partial charge on any atom is -0.396 e. The fraction of sp³-hybridized carbons (Fsp3) is 1.00. The summed E-state index contributed by atoms with van der Waals surface area (Å²) in [7, 11) is -3.44. The van der Waals surface area contributed by atoms with Crippen molar-refractivity contribution in [1.29, 1.82) is 0 Å². The van der Waals surface area contributed by atoms with Crippen LogP contribution >= 0.6 is 0 Å². The Hall–Kier alpha value is -0.170. The maximum Gasteiger partial charge on any atom is 0.279 e. The summed E-state index contributed by atoms with van der Waals surface area (Å²) in [6.45, 7) is 11.3. The topological polar surface area (TPSA) is 69.6 Å². The molecule has 0 aliphatic carbocycles. The van der Waals surface area contributed by atoms with Gasteiger partial charge in [-0.25, -0.2) is 0 Å². The molecular formula is C14H30N2O3S. The van der Waals surface area contributed by atoms with Crippen molar-refractivity contribution < 1.29 is 13.5 Å². The van der Waals surface area contributed by atoms with Crippen LogP contribution in [0.3, 0.4) is 0 Å². The summed E-state index contributed by atoms with van der Waals surface area (Å²) in [5.41, 5.74) is -0.402. The Morgan fingerprint density at radius 2 is 1.65 bits per heavy atom. The molecule has 0 amide bonds. The smallest absolute Gasteiger partial charge is 0.279 e. The summed E-state index contributed by atoms with van der Waals surface area (Å²) < 4.78 is 29.2. The van der Waals surface area contributed by atoms with Crippen LogP contribution in [0.25, 0.3) is 0 Å². The van der Waals surface area contributed by atoms with E-state index in [-0.39, 0.29) is 17.9 Å². The first-order chi connectivity index (χ1) is 8.95. The maximum absolute atomic E-state index is 12.4. The van der Waals surface area contributed by atoms with Crippen LogP contribution in [0.1, 0.15) is 53.9 Å². The predicted octanol–water partition coefficient (Wildman–Crippen LogP) is 1.74. The molecule has 6 heteroatoms. The number of rotatable bonds is 5. The standard InChI is InChI=1S/C14H30N2O3S/c1-13(2,3)11-14(4,5)15-20(18,19)16-8-6-12(10-17)7-9-16/h12,15,17H,6-11H2,1-5H3. The Morgan fingerprint density at radius 3 is 2.05 bits per heavy atom. The molecule has 0 aromatic carbocycles. The lowest BCUT2D eigenvalue weighted by Gasteiger charge is -2.36. The van der Waals surface area contributed by atoms with E-state index >= 15 is 0 Å². The number of piperidine rings is 1. The number of hydrogen-bond acceptors (Lipinski definition) is 3. The summed E-state index contributed by atoms with van der Waals surface area (Å²) in [6.07, 6.45) is 2.24. The molecule has 0 aromatic rings. The normalized spacial score (nSPS) is 20.3. The molecule has 0 atom stereocenters. The van der Waals surface area contributed by atoms with E-state index in [1.807, 2.05) is 13.8 Å². The number of nitrogens with one attached hydrogen (secondary N) is 1. The first kappa shape index (κ1) is 17.9. The van der Waals surface area contributed by atoms with Gasteiger partial charge in [-0.3, -0.25) is 0 Å². The summed E-state index contributed by atoms with van der Waals surface area (Å²) in [6, 6.07) is 0. The van der Waals surface area contributed by atoms with Gasteiger partial charge in [0.05, 0.1) is 0 Å². The highest BCUT2D eigenvalue weighted by Crippen LogP contribution is 2.28. The van der Waals surface area contributed by atoms with E-state index in [2.05, 4.69) is 25.5 Å². The van der Waals surface area contributed by atoms with Gasteiger partial charge in [-0.2, -0.15) is 17.4 Å². The SMILES string of the molecule is CC(C)(C)CC(C)(C)NS(=O)(=O)N1CCC(CO)CC1. The molecule has 1 heterocycles. The van der Waals surface area contributed by atoms with Crippen LogP contribution in [0.2, 0.25) is 0 Å². The lowest BCUT2D eigenvalue weighted by molar-refractivity contribution is 0.168. The third kappa shape index (κ3) is 5.68. The first-order valence-corrected chi connectivity index (χ1v) is 8.79. The van der Waals surface area contributed by atoms with Gasteiger partial charge in [0.1, 0.15) is 0 Å². The lowest BCUT2D eigenvalue weighted by atomic mass is 9.82. The molecule has 5 nitrogen and oxygen atoms in total. The first-order valence-electron chi connectivity index (χ1n) is 7.35. The van der Waals surface area contributed by atoms with Crippen LogP contribution in [0, 0.1) is 11.3 Å². The number of aliphatic hydroxyl groups excluding tert-OH is 1.